The van der Waals surface area contributed by atoms with Crippen LogP contribution in [0.3, 0.4) is 0 Å². The molecule has 1 saturated heterocycles. The Hall–Kier alpha value is -4.27. The van der Waals surface area contributed by atoms with Gasteiger partial charge in [-0.15, -0.1) is 0 Å². The zero-order valence-corrected chi connectivity index (χ0v) is 26.4. The highest BCUT2D eigenvalue weighted by Gasteiger charge is 2.49. The highest BCUT2D eigenvalue weighted by Crippen LogP contribution is 2.48. The summed E-state index contributed by atoms with van der Waals surface area (Å²) in [6.45, 7) is 14.6. The summed E-state index contributed by atoms with van der Waals surface area (Å²) in [5.74, 6) is -3.01. The molecule has 8 bridgehead atoms. The SMILES string of the molecule is C=Cc1c2[nH]c(c1C)CC1N/C(=C3\c4[nH]c(c(C)c4C(=O)[C@@H]3C(=O)OC)CC3N/C(=C\2)C(C)=C3CC)[C@@H](CCC(=O)O)[C@@H]1C. The first kappa shape index (κ1) is 29.8. The van der Waals surface area contributed by atoms with Crippen molar-refractivity contribution in [1.29, 1.82) is 0 Å². The average molecular weight is 599 g/mol. The Kier molecular flexibility index (Phi) is 7.46. The van der Waals surface area contributed by atoms with Crippen molar-refractivity contribution in [3.63, 3.8) is 0 Å². The highest BCUT2D eigenvalue weighted by molar-refractivity contribution is 6.24. The highest BCUT2D eigenvalue weighted by atomic mass is 16.5. The number of aliphatic carboxylic acids is 1. The zero-order chi connectivity index (χ0) is 31.6. The number of carbonyl (C=O) groups excluding carboxylic acids is 2. The maximum Gasteiger partial charge on any atom is 0.321 e. The summed E-state index contributed by atoms with van der Waals surface area (Å²) in [6.07, 6.45) is 6.63. The van der Waals surface area contributed by atoms with E-state index in [1.165, 1.54) is 18.3 Å². The molecule has 0 spiro atoms. The van der Waals surface area contributed by atoms with Crippen molar-refractivity contribution in [3.8, 4) is 0 Å². The van der Waals surface area contributed by atoms with E-state index in [0.717, 1.165) is 51.6 Å². The molecule has 232 valence electrons. The van der Waals surface area contributed by atoms with Gasteiger partial charge in [-0.25, -0.2) is 0 Å². The van der Waals surface area contributed by atoms with Gasteiger partial charge in [-0.2, -0.15) is 0 Å². The standard InChI is InChI=1S/C35H42N4O5/c1-8-19-15(3)22-12-24-17(5)21(10-11-28(40)41)32(38-24)30-31(35(43)44-7)34(42)29-18(6)25(39-33(29)30)14-27-20(9-2)16(4)23(37-27)13-26(19)36-22/h8,13,17,21,24,27,31,36-39H,1,9-12,14H2,2-7H3,(H,40,41)/b23-13-,32-30-/t17-,21-,24?,27?,31+/m0/s1. The fraction of sp³-hybridized carbons (Fsp3) is 0.457. The van der Waals surface area contributed by atoms with E-state index in [1.54, 1.807) is 0 Å². The molecule has 0 aromatic carbocycles. The van der Waals surface area contributed by atoms with E-state index in [9.17, 15) is 19.5 Å². The number of nitrogens with one attached hydrogen (secondary N) is 4. The van der Waals surface area contributed by atoms with Crippen LogP contribution in [0.1, 0.15) is 89.9 Å². The van der Waals surface area contributed by atoms with Crippen LogP contribution in [-0.4, -0.2) is 52.0 Å². The zero-order valence-electron chi connectivity index (χ0n) is 26.4. The van der Waals surface area contributed by atoms with Crippen LogP contribution in [0.25, 0.3) is 17.7 Å². The van der Waals surface area contributed by atoms with E-state index >= 15 is 0 Å². The third kappa shape index (κ3) is 4.47. The summed E-state index contributed by atoms with van der Waals surface area (Å²) < 4.78 is 5.18. The molecule has 5 N–H and O–H groups in total. The van der Waals surface area contributed by atoms with Gasteiger partial charge in [-0.05, 0) is 67.9 Å². The Morgan fingerprint density at radius 3 is 2.50 bits per heavy atom. The van der Waals surface area contributed by atoms with Crippen LogP contribution in [0.2, 0.25) is 0 Å². The number of methoxy groups -OCH3 is 1. The Morgan fingerprint density at radius 1 is 1.11 bits per heavy atom. The number of aromatic amines is 2. The van der Waals surface area contributed by atoms with Crippen LogP contribution >= 0.6 is 0 Å². The average Bonchev–Trinajstić information content (AvgIpc) is 3.72. The number of hydrogen-bond donors (Lipinski definition) is 5. The number of H-pyrrole nitrogens is 2. The Labute approximate surface area is 257 Å². The summed E-state index contributed by atoms with van der Waals surface area (Å²) in [6, 6.07) is -0.0192. The molecule has 0 amide bonds. The molecule has 1 fully saturated rings. The maximum atomic E-state index is 14.0. The Bertz CT molecular complexity index is 1700. The molecule has 6 rings (SSSR count). The lowest BCUT2D eigenvalue weighted by Gasteiger charge is -2.20. The second-order valence-corrected chi connectivity index (χ2v) is 12.7. The molecule has 44 heavy (non-hydrogen) atoms. The monoisotopic (exact) mass is 598 g/mol. The van der Waals surface area contributed by atoms with Crippen molar-refractivity contribution < 1.29 is 24.2 Å². The summed E-state index contributed by atoms with van der Waals surface area (Å²) >= 11 is 0. The van der Waals surface area contributed by atoms with E-state index in [2.05, 4.69) is 61.0 Å². The van der Waals surface area contributed by atoms with Crippen LogP contribution < -0.4 is 10.6 Å². The number of rotatable bonds is 6. The normalized spacial score (nSPS) is 28.5. The van der Waals surface area contributed by atoms with Gasteiger partial charge in [0.1, 0.15) is 5.92 Å². The van der Waals surface area contributed by atoms with Gasteiger partial charge in [-0.3, -0.25) is 14.4 Å². The number of carbonyl (C=O) groups is 3. The third-order valence-corrected chi connectivity index (χ3v) is 10.6. The summed E-state index contributed by atoms with van der Waals surface area (Å²) in [7, 11) is 1.30. The van der Waals surface area contributed by atoms with Crippen molar-refractivity contribution in [3.05, 3.63) is 74.1 Å². The number of hydrogen-bond acceptors (Lipinski definition) is 6. The molecule has 1 aliphatic carbocycles. The van der Waals surface area contributed by atoms with Crippen molar-refractivity contribution >= 4 is 35.4 Å². The molecule has 0 radical (unpaired) electrons. The predicted octanol–water partition coefficient (Wildman–Crippen LogP) is 5.23. The van der Waals surface area contributed by atoms with E-state index in [-0.39, 0.29) is 36.1 Å². The summed E-state index contributed by atoms with van der Waals surface area (Å²) in [5, 5.41) is 17.1. The van der Waals surface area contributed by atoms with Crippen LogP contribution in [-0.2, 0) is 27.2 Å². The second kappa shape index (κ2) is 11.0. The minimum atomic E-state index is -1.10. The van der Waals surface area contributed by atoms with Crippen LogP contribution in [0.4, 0.5) is 0 Å². The first-order chi connectivity index (χ1) is 21.0. The minimum Gasteiger partial charge on any atom is -0.481 e. The second-order valence-electron chi connectivity index (χ2n) is 12.7. The van der Waals surface area contributed by atoms with Gasteiger partial charge in [0.15, 0.2) is 5.78 Å². The minimum absolute atomic E-state index is 0.0163. The van der Waals surface area contributed by atoms with Crippen molar-refractivity contribution in [1.82, 2.24) is 20.6 Å². The number of carboxylic acid groups (broad SMARTS) is 1. The molecule has 0 saturated carbocycles. The van der Waals surface area contributed by atoms with Crippen molar-refractivity contribution in [2.45, 2.75) is 78.8 Å². The first-order valence-corrected chi connectivity index (χ1v) is 15.6. The third-order valence-electron chi connectivity index (χ3n) is 10.6. The van der Waals surface area contributed by atoms with Crippen LogP contribution in [0.15, 0.2) is 29.1 Å². The fourth-order valence-corrected chi connectivity index (χ4v) is 8.09. The van der Waals surface area contributed by atoms with E-state index in [4.69, 9.17) is 4.74 Å². The Morgan fingerprint density at radius 2 is 1.84 bits per heavy atom. The molecule has 5 heterocycles. The number of aromatic nitrogens is 2. The number of Topliss-reactive ketones (excluding diaryl/α,β-unsaturated/α-hetero) is 1. The van der Waals surface area contributed by atoms with Crippen LogP contribution in [0, 0.1) is 31.6 Å². The molecule has 4 aliphatic rings. The molecule has 5 atom stereocenters. The summed E-state index contributed by atoms with van der Waals surface area (Å²) in [4.78, 5) is 46.3. The maximum absolute atomic E-state index is 14.0. The topological polar surface area (TPSA) is 136 Å². The molecular weight excluding hydrogens is 556 g/mol. The fourth-order valence-electron chi connectivity index (χ4n) is 8.09. The lowest BCUT2D eigenvalue weighted by atomic mass is 9.83. The first-order valence-electron chi connectivity index (χ1n) is 15.6. The lowest BCUT2D eigenvalue weighted by molar-refractivity contribution is -0.142. The number of ether oxygens (including phenoxy) is 1. The van der Waals surface area contributed by atoms with Crippen molar-refractivity contribution in [2.75, 3.05) is 7.11 Å². The Balaban J connectivity index is 1.60. The van der Waals surface area contributed by atoms with E-state index in [1.807, 2.05) is 13.0 Å². The van der Waals surface area contributed by atoms with Gasteiger partial charge in [0.25, 0.3) is 0 Å². The summed E-state index contributed by atoms with van der Waals surface area (Å²) in [5.41, 5.74) is 12.2. The number of ketones is 1. The largest absolute Gasteiger partial charge is 0.481 e. The van der Waals surface area contributed by atoms with Gasteiger partial charge in [0, 0.05) is 76.4 Å². The van der Waals surface area contributed by atoms with Crippen LogP contribution in [0.5, 0.6) is 0 Å². The predicted molar refractivity (Wildman–Crippen MR) is 170 cm³/mol. The molecular formula is C35H42N4O5. The van der Waals surface area contributed by atoms with Crippen molar-refractivity contribution in [2.24, 2.45) is 17.8 Å². The van der Waals surface area contributed by atoms with E-state index < -0.39 is 17.9 Å². The molecule has 9 heteroatoms. The molecule has 2 aromatic heterocycles. The molecule has 3 aliphatic heterocycles. The lowest BCUT2D eigenvalue weighted by Crippen LogP contribution is -2.30. The number of esters is 1. The molecule has 2 unspecified atom stereocenters. The number of carboxylic acids is 1. The van der Waals surface area contributed by atoms with E-state index in [0.29, 0.717) is 36.1 Å². The number of allylic oxidation sites excluding steroid dienone is 2. The van der Waals surface area contributed by atoms with Gasteiger partial charge in [0.05, 0.1) is 18.8 Å². The number of fused-ring (bicyclic) bond motifs is 7. The van der Waals surface area contributed by atoms with Gasteiger partial charge in [0.2, 0.25) is 0 Å². The molecule has 9 nitrogen and oxygen atoms in total. The van der Waals surface area contributed by atoms with Gasteiger partial charge in [-0.1, -0.05) is 26.5 Å². The molecule has 2 aromatic rings. The quantitative estimate of drug-likeness (QED) is 0.227. The smallest absolute Gasteiger partial charge is 0.321 e. The van der Waals surface area contributed by atoms with Gasteiger partial charge >= 0.3 is 11.9 Å². The van der Waals surface area contributed by atoms with Gasteiger partial charge < -0.3 is 30.4 Å².